The molecule has 6 heteroatoms. The van der Waals surface area contributed by atoms with Crippen LogP contribution in [0.1, 0.15) is 32.8 Å². The third kappa shape index (κ3) is 10.7. The molecule has 0 aliphatic carbocycles. The van der Waals surface area contributed by atoms with E-state index in [4.69, 9.17) is 9.47 Å². The van der Waals surface area contributed by atoms with Crippen LogP contribution in [0, 0.1) is 5.92 Å². The number of nitrogens with one attached hydrogen (secondary N) is 2. The Bertz CT molecular complexity index is 467. The zero-order chi connectivity index (χ0) is 16.9. The summed E-state index contributed by atoms with van der Waals surface area (Å²) in [6.07, 6.45) is 0.969. The van der Waals surface area contributed by atoms with Crippen LogP contribution in [0.3, 0.4) is 0 Å². The van der Waals surface area contributed by atoms with Crippen LogP contribution in [0.5, 0.6) is 5.75 Å². The Morgan fingerprint density at radius 2 is 2.04 bits per heavy atom. The minimum Gasteiger partial charge on any atom is -0.497 e. The minimum atomic E-state index is 0. The van der Waals surface area contributed by atoms with Crippen LogP contribution >= 0.6 is 24.0 Å². The predicted octanol–water partition coefficient (Wildman–Crippen LogP) is 3.43. The van der Waals surface area contributed by atoms with Gasteiger partial charge in [-0.1, -0.05) is 26.0 Å². The molecule has 1 aromatic rings. The Hall–Kier alpha value is -1.02. The molecule has 0 spiro atoms. The smallest absolute Gasteiger partial charge is 0.191 e. The molecule has 1 aromatic carbocycles. The van der Waals surface area contributed by atoms with E-state index in [1.165, 1.54) is 0 Å². The van der Waals surface area contributed by atoms with Gasteiger partial charge in [-0.2, -0.15) is 0 Å². The summed E-state index contributed by atoms with van der Waals surface area (Å²) in [6, 6.07) is 7.98. The highest BCUT2D eigenvalue weighted by atomic mass is 127. The Labute approximate surface area is 163 Å². The van der Waals surface area contributed by atoms with E-state index >= 15 is 0 Å². The lowest BCUT2D eigenvalue weighted by Gasteiger charge is -2.12. The molecular formula is C18H32IN3O2. The number of guanidine groups is 1. The second-order valence-corrected chi connectivity index (χ2v) is 5.80. The van der Waals surface area contributed by atoms with Gasteiger partial charge in [0.1, 0.15) is 5.75 Å². The lowest BCUT2D eigenvalue weighted by atomic mass is 10.2. The van der Waals surface area contributed by atoms with Crippen LogP contribution in [0.2, 0.25) is 0 Å². The normalized spacial score (nSPS) is 11.1. The number of rotatable bonds is 10. The van der Waals surface area contributed by atoms with Crippen LogP contribution in [-0.4, -0.2) is 39.4 Å². The lowest BCUT2D eigenvalue weighted by Crippen LogP contribution is -2.38. The highest BCUT2D eigenvalue weighted by Crippen LogP contribution is 2.13. The van der Waals surface area contributed by atoms with Crippen LogP contribution in [0.15, 0.2) is 29.3 Å². The lowest BCUT2D eigenvalue weighted by molar-refractivity contribution is 0.108. The van der Waals surface area contributed by atoms with E-state index in [0.717, 1.165) is 50.0 Å². The molecule has 5 nitrogen and oxygen atoms in total. The molecule has 0 saturated carbocycles. The van der Waals surface area contributed by atoms with Crippen LogP contribution in [0.4, 0.5) is 0 Å². The molecule has 0 aromatic heterocycles. The summed E-state index contributed by atoms with van der Waals surface area (Å²) in [4.78, 5) is 4.60. The van der Waals surface area contributed by atoms with Crippen LogP contribution in [-0.2, 0) is 11.3 Å². The Kier molecular flexibility index (Phi) is 13.7. The fourth-order valence-electron chi connectivity index (χ4n) is 1.98. The molecule has 24 heavy (non-hydrogen) atoms. The summed E-state index contributed by atoms with van der Waals surface area (Å²) >= 11 is 0. The SMILES string of the molecule is CCNC(=NCc1cccc(OC)c1)NCCCOCC(C)C.I. The van der Waals surface area contributed by atoms with Crippen molar-refractivity contribution in [2.45, 2.75) is 33.7 Å². The minimum absolute atomic E-state index is 0. The third-order valence-electron chi connectivity index (χ3n) is 3.11. The molecule has 0 saturated heterocycles. The van der Waals surface area contributed by atoms with Crippen molar-refractivity contribution in [2.24, 2.45) is 10.9 Å². The van der Waals surface area contributed by atoms with Crippen molar-refractivity contribution >= 4 is 29.9 Å². The van der Waals surface area contributed by atoms with Gasteiger partial charge in [-0.25, -0.2) is 4.99 Å². The van der Waals surface area contributed by atoms with Crippen molar-refractivity contribution in [2.75, 3.05) is 33.4 Å². The average molecular weight is 449 g/mol. The molecule has 138 valence electrons. The molecule has 0 amide bonds. The maximum atomic E-state index is 5.58. The van der Waals surface area contributed by atoms with E-state index in [9.17, 15) is 0 Å². The molecule has 0 heterocycles. The fourth-order valence-corrected chi connectivity index (χ4v) is 1.98. The maximum Gasteiger partial charge on any atom is 0.191 e. The molecule has 0 atom stereocenters. The summed E-state index contributed by atoms with van der Waals surface area (Å²) in [5.74, 6) is 2.28. The number of aliphatic imine (C=N–C) groups is 1. The largest absolute Gasteiger partial charge is 0.497 e. The zero-order valence-corrected chi connectivity index (χ0v) is 17.6. The van der Waals surface area contributed by atoms with Gasteiger partial charge in [0.15, 0.2) is 5.96 Å². The van der Waals surface area contributed by atoms with Crippen molar-refractivity contribution in [1.82, 2.24) is 10.6 Å². The van der Waals surface area contributed by atoms with Gasteiger partial charge in [0.25, 0.3) is 0 Å². The molecule has 0 bridgehead atoms. The van der Waals surface area contributed by atoms with Gasteiger partial charge in [0.05, 0.1) is 13.7 Å². The Morgan fingerprint density at radius 1 is 1.25 bits per heavy atom. The van der Waals surface area contributed by atoms with Crippen molar-refractivity contribution in [1.29, 1.82) is 0 Å². The number of hydrogen-bond acceptors (Lipinski definition) is 3. The topological polar surface area (TPSA) is 54.9 Å². The van der Waals surface area contributed by atoms with Crippen molar-refractivity contribution in [3.63, 3.8) is 0 Å². The van der Waals surface area contributed by atoms with Crippen molar-refractivity contribution < 1.29 is 9.47 Å². The van der Waals surface area contributed by atoms with E-state index in [1.807, 2.05) is 18.2 Å². The van der Waals surface area contributed by atoms with Gasteiger partial charge < -0.3 is 20.1 Å². The summed E-state index contributed by atoms with van der Waals surface area (Å²) in [5.41, 5.74) is 1.13. The number of ether oxygens (including phenoxy) is 2. The molecule has 0 aliphatic rings. The van der Waals surface area contributed by atoms with Gasteiger partial charge in [-0.15, -0.1) is 24.0 Å². The van der Waals surface area contributed by atoms with Gasteiger partial charge in [0, 0.05) is 26.3 Å². The monoisotopic (exact) mass is 449 g/mol. The standard InChI is InChI=1S/C18H31N3O2.HI/c1-5-19-18(20-10-7-11-23-14-15(2)3)21-13-16-8-6-9-17(12-16)22-4;/h6,8-9,12,15H,5,7,10-11,13-14H2,1-4H3,(H2,19,20,21);1H. The van der Waals surface area contributed by atoms with Gasteiger partial charge in [0.2, 0.25) is 0 Å². The summed E-state index contributed by atoms with van der Waals surface area (Å²) < 4.78 is 10.8. The van der Waals surface area contributed by atoms with Crippen molar-refractivity contribution in [3.8, 4) is 5.75 Å². The number of hydrogen-bond donors (Lipinski definition) is 2. The van der Waals surface area contributed by atoms with Gasteiger partial charge in [-0.05, 0) is 37.0 Å². The first kappa shape index (κ1) is 23.0. The first-order valence-electron chi connectivity index (χ1n) is 8.38. The first-order chi connectivity index (χ1) is 11.2. The zero-order valence-electron chi connectivity index (χ0n) is 15.3. The second kappa shape index (κ2) is 14.3. The maximum absolute atomic E-state index is 5.58. The van der Waals surface area contributed by atoms with E-state index < -0.39 is 0 Å². The third-order valence-corrected chi connectivity index (χ3v) is 3.11. The van der Waals surface area contributed by atoms with E-state index in [0.29, 0.717) is 12.5 Å². The quantitative estimate of drug-likeness (QED) is 0.249. The van der Waals surface area contributed by atoms with Crippen molar-refractivity contribution in [3.05, 3.63) is 29.8 Å². The molecule has 1 rings (SSSR count). The molecule has 2 N–H and O–H groups in total. The van der Waals surface area contributed by atoms with Crippen LogP contribution < -0.4 is 15.4 Å². The number of benzene rings is 1. The summed E-state index contributed by atoms with van der Waals surface area (Å²) in [5, 5.41) is 6.59. The molecule has 0 fully saturated rings. The highest BCUT2D eigenvalue weighted by molar-refractivity contribution is 14.0. The van der Waals surface area contributed by atoms with Gasteiger partial charge in [-0.3, -0.25) is 0 Å². The second-order valence-electron chi connectivity index (χ2n) is 5.80. The Balaban J connectivity index is 0.00000529. The number of nitrogens with zero attached hydrogens (tertiary/aromatic N) is 1. The first-order valence-corrected chi connectivity index (χ1v) is 8.38. The Morgan fingerprint density at radius 3 is 2.71 bits per heavy atom. The fraction of sp³-hybridized carbons (Fsp3) is 0.611. The summed E-state index contributed by atoms with van der Waals surface area (Å²) in [7, 11) is 1.68. The summed E-state index contributed by atoms with van der Waals surface area (Å²) in [6.45, 7) is 10.3. The van der Waals surface area contributed by atoms with E-state index in [1.54, 1.807) is 7.11 Å². The van der Waals surface area contributed by atoms with Crippen LogP contribution in [0.25, 0.3) is 0 Å². The number of methoxy groups -OCH3 is 1. The molecule has 0 unspecified atom stereocenters. The van der Waals surface area contributed by atoms with Gasteiger partial charge >= 0.3 is 0 Å². The molecular weight excluding hydrogens is 417 g/mol. The molecule has 0 radical (unpaired) electrons. The number of halogens is 1. The van der Waals surface area contributed by atoms with E-state index in [-0.39, 0.29) is 24.0 Å². The highest BCUT2D eigenvalue weighted by Gasteiger charge is 1.99. The molecule has 0 aliphatic heterocycles. The van der Waals surface area contributed by atoms with E-state index in [2.05, 4.69) is 42.5 Å². The average Bonchev–Trinajstić information content (AvgIpc) is 2.55. The predicted molar refractivity (Wildman–Crippen MR) is 112 cm³/mol.